The maximum Gasteiger partial charge on any atom is 0.144 e. The third-order valence-corrected chi connectivity index (χ3v) is 4.65. The lowest BCUT2D eigenvalue weighted by atomic mass is 9.78. The molecule has 21 heavy (non-hydrogen) atoms. The summed E-state index contributed by atoms with van der Waals surface area (Å²) in [5.74, 6) is 1.35. The van der Waals surface area contributed by atoms with Gasteiger partial charge in [-0.3, -0.25) is 0 Å². The minimum atomic E-state index is -0.669. The Kier molecular flexibility index (Phi) is 4.84. The van der Waals surface area contributed by atoms with Crippen molar-refractivity contribution in [3.8, 4) is 6.07 Å². The number of nitrogens with one attached hydrogen (secondary N) is 1. The highest BCUT2D eigenvalue weighted by Crippen LogP contribution is 2.34. The molecule has 0 bridgehead atoms. The van der Waals surface area contributed by atoms with E-state index in [1.165, 1.54) is 6.42 Å². The number of hydrogen-bond acceptors (Lipinski definition) is 4. The fraction of sp³-hybridized carbons (Fsp3) is 0.647. The molecule has 0 atom stereocenters. The molecule has 0 radical (unpaired) electrons. The third-order valence-electron chi connectivity index (χ3n) is 4.65. The van der Waals surface area contributed by atoms with Crippen LogP contribution < -0.4 is 5.32 Å². The zero-order valence-corrected chi connectivity index (χ0v) is 13.2. The first kappa shape index (κ1) is 15.8. The Balaban J connectivity index is 2.05. The molecular formula is C17H25N3O. The van der Waals surface area contributed by atoms with Crippen molar-refractivity contribution in [3.63, 3.8) is 0 Å². The fourth-order valence-electron chi connectivity index (χ4n) is 3.15. The smallest absolute Gasteiger partial charge is 0.144 e. The molecule has 1 saturated carbocycles. The quantitative estimate of drug-likeness (QED) is 0.891. The van der Waals surface area contributed by atoms with E-state index >= 15 is 0 Å². The van der Waals surface area contributed by atoms with Gasteiger partial charge in [-0.1, -0.05) is 13.3 Å². The standard InChI is InChI=1S/C17H25N3O/c1-4-14-5-7-17(21,8-6-14)11-19-16-15(10-18)12(2)9-13(3)20-16/h9,14,21H,4-8,11H2,1-3H3,(H,19,20). The van der Waals surface area contributed by atoms with Crippen molar-refractivity contribution in [2.45, 2.75) is 58.5 Å². The van der Waals surface area contributed by atoms with E-state index in [4.69, 9.17) is 0 Å². The summed E-state index contributed by atoms with van der Waals surface area (Å²) in [5, 5.41) is 23.1. The molecule has 1 fully saturated rings. The minimum absolute atomic E-state index is 0.466. The van der Waals surface area contributed by atoms with Crippen molar-refractivity contribution >= 4 is 5.82 Å². The van der Waals surface area contributed by atoms with E-state index < -0.39 is 5.60 Å². The molecule has 1 aliphatic rings. The Morgan fingerprint density at radius 2 is 2.10 bits per heavy atom. The van der Waals surface area contributed by atoms with Gasteiger partial charge in [-0.25, -0.2) is 4.98 Å². The first-order chi connectivity index (χ1) is 9.97. The summed E-state index contributed by atoms with van der Waals surface area (Å²) < 4.78 is 0. The van der Waals surface area contributed by atoms with Gasteiger partial charge >= 0.3 is 0 Å². The number of nitriles is 1. The molecule has 1 aliphatic carbocycles. The molecule has 0 amide bonds. The number of nitrogens with zero attached hydrogens (tertiary/aromatic N) is 2. The van der Waals surface area contributed by atoms with E-state index in [0.717, 1.165) is 42.9 Å². The van der Waals surface area contributed by atoms with Gasteiger partial charge in [0.1, 0.15) is 11.9 Å². The van der Waals surface area contributed by atoms with Crippen molar-refractivity contribution < 1.29 is 5.11 Å². The second-order valence-corrected chi connectivity index (χ2v) is 6.35. The average molecular weight is 287 g/mol. The van der Waals surface area contributed by atoms with Gasteiger partial charge in [0.05, 0.1) is 11.2 Å². The van der Waals surface area contributed by atoms with Crippen LogP contribution in [-0.2, 0) is 0 Å². The van der Waals surface area contributed by atoms with Crippen molar-refractivity contribution in [1.29, 1.82) is 5.26 Å². The lowest BCUT2D eigenvalue weighted by Gasteiger charge is -2.36. The molecule has 4 heteroatoms. The molecule has 2 N–H and O–H groups in total. The predicted octanol–water partition coefficient (Wildman–Crippen LogP) is 3.31. The number of aromatic nitrogens is 1. The normalized spacial score (nSPS) is 25.4. The van der Waals surface area contributed by atoms with Crippen LogP contribution in [0, 0.1) is 31.1 Å². The van der Waals surface area contributed by atoms with Gasteiger partial charge in [0.15, 0.2) is 0 Å². The summed E-state index contributed by atoms with van der Waals surface area (Å²) in [6.07, 6.45) is 5.01. The van der Waals surface area contributed by atoms with E-state index in [0.29, 0.717) is 17.9 Å². The van der Waals surface area contributed by atoms with Crippen LogP contribution in [0.15, 0.2) is 6.07 Å². The largest absolute Gasteiger partial charge is 0.388 e. The second-order valence-electron chi connectivity index (χ2n) is 6.35. The van der Waals surface area contributed by atoms with Crippen LogP contribution in [0.5, 0.6) is 0 Å². The zero-order chi connectivity index (χ0) is 15.5. The molecular weight excluding hydrogens is 262 g/mol. The van der Waals surface area contributed by atoms with E-state index in [2.05, 4.69) is 23.3 Å². The van der Waals surface area contributed by atoms with Crippen LogP contribution >= 0.6 is 0 Å². The maximum atomic E-state index is 10.7. The monoisotopic (exact) mass is 287 g/mol. The van der Waals surface area contributed by atoms with Gasteiger partial charge in [0, 0.05) is 12.2 Å². The highest BCUT2D eigenvalue weighted by atomic mass is 16.3. The Morgan fingerprint density at radius 1 is 1.43 bits per heavy atom. The average Bonchev–Trinajstić information content (AvgIpc) is 2.46. The number of rotatable bonds is 4. The van der Waals surface area contributed by atoms with E-state index in [-0.39, 0.29) is 0 Å². The topological polar surface area (TPSA) is 68.9 Å². The Morgan fingerprint density at radius 3 is 2.67 bits per heavy atom. The highest BCUT2D eigenvalue weighted by Gasteiger charge is 2.32. The molecule has 0 unspecified atom stereocenters. The molecule has 0 spiro atoms. The van der Waals surface area contributed by atoms with Gasteiger partial charge < -0.3 is 10.4 Å². The van der Waals surface area contributed by atoms with Crippen molar-refractivity contribution in [1.82, 2.24) is 4.98 Å². The molecule has 0 aliphatic heterocycles. The number of pyridine rings is 1. The van der Waals surface area contributed by atoms with Crippen LogP contribution in [0.4, 0.5) is 5.82 Å². The summed E-state index contributed by atoms with van der Waals surface area (Å²) in [4.78, 5) is 4.41. The minimum Gasteiger partial charge on any atom is -0.388 e. The SMILES string of the molecule is CCC1CCC(O)(CNc2nc(C)cc(C)c2C#N)CC1. The van der Waals surface area contributed by atoms with E-state index in [9.17, 15) is 10.4 Å². The number of aryl methyl sites for hydroxylation is 2. The summed E-state index contributed by atoms with van der Waals surface area (Å²) in [6.45, 7) is 6.51. The van der Waals surface area contributed by atoms with Crippen molar-refractivity contribution in [2.24, 2.45) is 5.92 Å². The van der Waals surface area contributed by atoms with Gasteiger partial charge in [-0.15, -0.1) is 0 Å². The van der Waals surface area contributed by atoms with Gasteiger partial charge in [-0.2, -0.15) is 5.26 Å². The Labute approximate surface area is 127 Å². The van der Waals surface area contributed by atoms with Gasteiger partial charge in [0.25, 0.3) is 0 Å². The molecule has 1 aromatic heterocycles. The van der Waals surface area contributed by atoms with Gasteiger partial charge in [0.2, 0.25) is 0 Å². The fourth-order valence-corrected chi connectivity index (χ4v) is 3.15. The summed E-state index contributed by atoms with van der Waals surface area (Å²) >= 11 is 0. The van der Waals surface area contributed by atoms with Crippen LogP contribution in [0.2, 0.25) is 0 Å². The van der Waals surface area contributed by atoms with E-state index in [1.54, 1.807) is 0 Å². The summed E-state index contributed by atoms with van der Waals surface area (Å²) in [5.41, 5.74) is 1.72. The van der Waals surface area contributed by atoms with E-state index in [1.807, 2.05) is 19.9 Å². The Hall–Kier alpha value is -1.60. The van der Waals surface area contributed by atoms with Crippen LogP contribution in [0.25, 0.3) is 0 Å². The molecule has 1 heterocycles. The zero-order valence-electron chi connectivity index (χ0n) is 13.2. The summed E-state index contributed by atoms with van der Waals surface area (Å²) in [7, 11) is 0. The highest BCUT2D eigenvalue weighted by molar-refractivity contribution is 5.56. The lowest BCUT2D eigenvalue weighted by molar-refractivity contribution is 0.00222. The van der Waals surface area contributed by atoms with Crippen LogP contribution in [0.3, 0.4) is 0 Å². The van der Waals surface area contributed by atoms with Crippen molar-refractivity contribution in [3.05, 3.63) is 22.9 Å². The Bertz CT molecular complexity index is 540. The maximum absolute atomic E-state index is 10.7. The molecule has 1 aromatic rings. The molecule has 0 aromatic carbocycles. The first-order valence-corrected chi connectivity index (χ1v) is 7.82. The van der Waals surface area contributed by atoms with Crippen LogP contribution in [-0.4, -0.2) is 22.2 Å². The molecule has 114 valence electrons. The number of anilines is 1. The van der Waals surface area contributed by atoms with Gasteiger partial charge in [-0.05, 0) is 57.1 Å². The van der Waals surface area contributed by atoms with Crippen molar-refractivity contribution in [2.75, 3.05) is 11.9 Å². The molecule has 2 rings (SSSR count). The lowest BCUT2D eigenvalue weighted by Crippen LogP contribution is -2.40. The third kappa shape index (κ3) is 3.74. The number of aliphatic hydroxyl groups is 1. The molecule has 0 saturated heterocycles. The second kappa shape index (κ2) is 6.44. The first-order valence-electron chi connectivity index (χ1n) is 7.82. The molecule has 4 nitrogen and oxygen atoms in total. The van der Waals surface area contributed by atoms with Crippen LogP contribution in [0.1, 0.15) is 55.8 Å². The summed E-state index contributed by atoms with van der Waals surface area (Å²) in [6, 6.07) is 4.11. The predicted molar refractivity (Wildman–Crippen MR) is 84.1 cm³/mol. The number of hydrogen-bond donors (Lipinski definition) is 2.